The monoisotopic (exact) mass is 483 g/mol. The highest BCUT2D eigenvalue weighted by atomic mass is 32.2. The molecule has 1 aliphatic heterocycles. The number of amides is 2. The maximum Gasteiger partial charge on any atom is 0.244 e. The van der Waals surface area contributed by atoms with Gasteiger partial charge in [0.25, 0.3) is 0 Å². The van der Waals surface area contributed by atoms with Crippen LogP contribution in [0.1, 0.15) is 46.1 Å². The van der Waals surface area contributed by atoms with E-state index in [0.29, 0.717) is 18.5 Å². The molecule has 34 heavy (non-hydrogen) atoms. The minimum Gasteiger partial charge on any atom is -0.348 e. The predicted octanol–water partition coefficient (Wildman–Crippen LogP) is 3.88. The van der Waals surface area contributed by atoms with Gasteiger partial charge in [0.2, 0.25) is 21.8 Å². The number of nitrogens with zero attached hydrogens (tertiary/aromatic N) is 1. The standard InChI is InChI=1S/C26H33N3O4S/c1-6-23(30)28-22-18-25(2,3)29(26(22,4)5)34(32,33)21-14-10-13-20(17-21)27-24(31)16-15-19-11-8-7-9-12-19/h6-14,17,22H,1,15-16,18H2,2-5H3,(H,27,31)(H,28,30). The highest BCUT2D eigenvalue weighted by molar-refractivity contribution is 7.89. The van der Waals surface area contributed by atoms with Gasteiger partial charge in [-0.25, -0.2) is 8.42 Å². The molecule has 0 bridgehead atoms. The van der Waals surface area contributed by atoms with Crippen LogP contribution in [0.3, 0.4) is 0 Å². The number of hydrogen-bond acceptors (Lipinski definition) is 4. The van der Waals surface area contributed by atoms with Gasteiger partial charge in [-0.05, 0) is 70.4 Å². The van der Waals surface area contributed by atoms with Crippen molar-refractivity contribution in [3.63, 3.8) is 0 Å². The molecule has 3 rings (SSSR count). The summed E-state index contributed by atoms with van der Waals surface area (Å²) in [7, 11) is -3.94. The van der Waals surface area contributed by atoms with E-state index in [4.69, 9.17) is 0 Å². The van der Waals surface area contributed by atoms with Gasteiger partial charge in [0.1, 0.15) is 0 Å². The molecule has 0 radical (unpaired) electrons. The molecule has 1 unspecified atom stereocenters. The van der Waals surface area contributed by atoms with Crippen LogP contribution >= 0.6 is 0 Å². The summed E-state index contributed by atoms with van der Waals surface area (Å²) in [5.74, 6) is -0.527. The topological polar surface area (TPSA) is 95.6 Å². The van der Waals surface area contributed by atoms with Gasteiger partial charge in [0, 0.05) is 23.7 Å². The van der Waals surface area contributed by atoms with E-state index < -0.39 is 21.1 Å². The zero-order valence-corrected chi connectivity index (χ0v) is 21.0. The van der Waals surface area contributed by atoms with Gasteiger partial charge in [-0.2, -0.15) is 4.31 Å². The second-order valence-electron chi connectivity index (χ2n) is 9.77. The van der Waals surface area contributed by atoms with Crippen molar-refractivity contribution in [1.82, 2.24) is 9.62 Å². The summed E-state index contributed by atoms with van der Waals surface area (Å²) in [5, 5.41) is 5.68. The Morgan fingerprint density at radius 3 is 2.41 bits per heavy atom. The summed E-state index contributed by atoms with van der Waals surface area (Å²) in [5.41, 5.74) is -0.136. The van der Waals surface area contributed by atoms with Crippen LogP contribution < -0.4 is 10.6 Å². The highest BCUT2D eigenvalue weighted by Crippen LogP contribution is 2.45. The molecule has 1 fully saturated rings. The molecule has 1 atom stereocenters. The number of carbonyl (C=O) groups excluding carboxylic acids is 2. The maximum atomic E-state index is 13.8. The first-order valence-corrected chi connectivity index (χ1v) is 12.7. The lowest BCUT2D eigenvalue weighted by Crippen LogP contribution is -2.56. The van der Waals surface area contributed by atoms with Crippen molar-refractivity contribution < 1.29 is 18.0 Å². The van der Waals surface area contributed by atoms with Gasteiger partial charge in [-0.1, -0.05) is 43.0 Å². The Morgan fingerprint density at radius 1 is 1.09 bits per heavy atom. The zero-order valence-electron chi connectivity index (χ0n) is 20.2. The Balaban J connectivity index is 1.81. The van der Waals surface area contributed by atoms with Crippen LogP contribution in [0.2, 0.25) is 0 Å². The lowest BCUT2D eigenvalue weighted by Gasteiger charge is -2.40. The summed E-state index contributed by atoms with van der Waals surface area (Å²) in [6, 6.07) is 15.6. The molecule has 182 valence electrons. The average molecular weight is 484 g/mol. The smallest absolute Gasteiger partial charge is 0.244 e. The Labute approximate surface area is 202 Å². The second-order valence-corrected chi connectivity index (χ2v) is 11.6. The van der Waals surface area contributed by atoms with Gasteiger partial charge < -0.3 is 10.6 Å². The number of rotatable bonds is 8. The van der Waals surface area contributed by atoms with Crippen LogP contribution in [-0.2, 0) is 26.0 Å². The molecule has 2 aromatic rings. The zero-order chi connectivity index (χ0) is 25.1. The van der Waals surface area contributed by atoms with Crippen LogP contribution in [0.5, 0.6) is 0 Å². The number of nitrogens with one attached hydrogen (secondary N) is 2. The summed E-state index contributed by atoms with van der Waals surface area (Å²) in [6.45, 7) is 10.8. The van der Waals surface area contributed by atoms with Crippen molar-refractivity contribution in [3.05, 3.63) is 72.8 Å². The molecule has 1 saturated heterocycles. The van der Waals surface area contributed by atoms with Crippen molar-refractivity contribution in [2.24, 2.45) is 0 Å². The van der Waals surface area contributed by atoms with E-state index in [0.717, 1.165) is 5.56 Å². The third-order valence-corrected chi connectivity index (χ3v) is 8.57. The second kappa shape index (κ2) is 9.72. The summed E-state index contributed by atoms with van der Waals surface area (Å²) < 4.78 is 29.1. The Morgan fingerprint density at radius 2 is 1.76 bits per heavy atom. The molecular formula is C26H33N3O4S. The molecule has 2 aromatic carbocycles. The number of aryl methyl sites for hydroxylation is 1. The molecule has 2 N–H and O–H groups in total. The fourth-order valence-corrected chi connectivity index (χ4v) is 7.02. The van der Waals surface area contributed by atoms with Gasteiger partial charge in [-0.15, -0.1) is 0 Å². The van der Waals surface area contributed by atoms with Crippen molar-refractivity contribution in [3.8, 4) is 0 Å². The van der Waals surface area contributed by atoms with E-state index in [1.54, 1.807) is 12.1 Å². The van der Waals surface area contributed by atoms with E-state index in [9.17, 15) is 18.0 Å². The van der Waals surface area contributed by atoms with E-state index in [1.807, 2.05) is 58.0 Å². The minimum absolute atomic E-state index is 0.0882. The largest absolute Gasteiger partial charge is 0.348 e. The predicted molar refractivity (Wildman–Crippen MR) is 134 cm³/mol. The van der Waals surface area contributed by atoms with Gasteiger partial charge in [-0.3, -0.25) is 9.59 Å². The third-order valence-electron chi connectivity index (χ3n) is 6.27. The molecule has 7 nitrogen and oxygen atoms in total. The SMILES string of the molecule is C=CC(=O)NC1CC(C)(C)N(S(=O)(=O)c2cccc(NC(=O)CCc3ccccc3)c2)C1(C)C. The molecule has 2 amide bonds. The fraction of sp³-hybridized carbons (Fsp3) is 0.385. The molecular weight excluding hydrogens is 450 g/mol. The number of hydrogen-bond donors (Lipinski definition) is 2. The van der Waals surface area contributed by atoms with Crippen LogP contribution in [0.25, 0.3) is 0 Å². The molecule has 0 aromatic heterocycles. The first-order valence-electron chi connectivity index (χ1n) is 11.3. The van der Waals surface area contributed by atoms with Crippen LogP contribution in [-0.4, -0.2) is 41.7 Å². The van der Waals surface area contributed by atoms with E-state index in [2.05, 4.69) is 17.2 Å². The molecule has 1 heterocycles. The maximum absolute atomic E-state index is 13.8. The Kier molecular flexibility index (Phi) is 7.33. The normalized spacial score (nSPS) is 19.4. The van der Waals surface area contributed by atoms with E-state index in [-0.39, 0.29) is 29.2 Å². The van der Waals surface area contributed by atoms with E-state index in [1.165, 1.54) is 22.5 Å². The number of sulfonamides is 1. The first kappa shape index (κ1) is 25.6. The van der Waals surface area contributed by atoms with Gasteiger partial charge >= 0.3 is 0 Å². The lowest BCUT2D eigenvalue weighted by atomic mass is 9.94. The number of carbonyl (C=O) groups is 2. The molecule has 0 spiro atoms. The number of anilines is 1. The Bertz CT molecular complexity index is 1170. The average Bonchev–Trinajstić information content (AvgIpc) is 2.96. The Hall–Kier alpha value is -2.97. The first-order chi connectivity index (χ1) is 15.9. The molecule has 0 saturated carbocycles. The quantitative estimate of drug-likeness (QED) is 0.557. The summed E-state index contributed by atoms with van der Waals surface area (Å²) >= 11 is 0. The van der Waals surface area contributed by atoms with Crippen molar-refractivity contribution in [2.75, 3.05) is 5.32 Å². The minimum atomic E-state index is -3.94. The fourth-order valence-electron chi connectivity index (χ4n) is 4.81. The van der Waals surface area contributed by atoms with Gasteiger partial charge in [0.15, 0.2) is 0 Å². The van der Waals surface area contributed by atoms with Crippen LogP contribution in [0, 0.1) is 0 Å². The lowest BCUT2D eigenvalue weighted by molar-refractivity contribution is -0.117. The summed E-state index contributed by atoms with van der Waals surface area (Å²) in [6.07, 6.45) is 2.52. The third kappa shape index (κ3) is 5.39. The molecule has 1 aliphatic rings. The molecule has 0 aliphatic carbocycles. The number of benzene rings is 2. The van der Waals surface area contributed by atoms with Crippen molar-refractivity contribution >= 4 is 27.5 Å². The van der Waals surface area contributed by atoms with Crippen LogP contribution in [0.15, 0.2) is 72.1 Å². The van der Waals surface area contributed by atoms with Crippen molar-refractivity contribution in [1.29, 1.82) is 0 Å². The van der Waals surface area contributed by atoms with E-state index >= 15 is 0 Å². The highest BCUT2D eigenvalue weighted by Gasteiger charge is 2.57. The van der Waals surface area contributed by atoms with Crippen LogP contribution in [0.4, 0.5) is 5.69 Å². The van der Waals surface area contributed by atoms with Gasteiger partial charge in [0.05, 0.1) is 10.4 Å². The molecule has 8 heteroatoms. The summed E-state index contributed by atoms with van der Waals surface area (Å²) in [4.78, 5) is 24.5. The van der Waals surface area contributed by atoms with Crippen molar-refractivity contribution in [2.45, 2.75) is 69.0 Å².